The van der Waals surface area contributed by atoms with Crippen molar-refractivity contribution in [2.45, 2.75) is 33.8 Å². The molecule has 1 fully saturated rings. The van der Waals surface area contributed by atoms with Crippen LogP contribution in [0.4, 0.5) is 16.2 Å². The Kier molecular flexibility index (Phi) is 5.89. The average molecular weight is 367 g/mol. The monoisotopic (exact) mass is 367 g/mol. The van der Waals surface area contributed by atoms with Gasteiger partial charge >= 0.3 is 6.03 Å². The Labute approximate surface area is 161 Å². The summed E-state index contributed by atoms with van der Waals surface area (Å²) in [4.78, 5) is 16.7. The number of hydrogen-bond donors (Lipinski definition) is 1. The average Bonchev–Trinajstić information content (AvgIpc) is 2.61. The molecule has 1 aliphatic heterocycles. The van der Waals surface area contributed by atoms with E-state index in [0.29, 0.717) is 13.1 Å². The van der Waals surface area contributed by atoms with Crippen molar-refractivity contribution in [3.05, 3.63) is 53.6 Å². The summed E-state index contributed by atoms with van der Waals surface area (Å²) in [5.41, 5.74) is 4.33. The number of ether oxygens (including phenoxy) is 1. The topological polar surface area (TPSA) is 44.8 Å². The van der Waals surface area contributed by atoms with Crippen LogP contribution in [0.5, 0.6) is 5.75 Å². The number of nitrogens with zero attached hydrogens (tertiary/aromatic N) is 2. The van der Waals surface area contributed by atoms with Crippen LogP contribution in [0.25, 0.3) is 0 Å². The van der Waals surface area contributed by atoms with Crippen LogP contribution in [0.15, 0.2) is 42.5 Å². The molecule has 5 nitrogen and oxygen atoms in total. The molecule has 0 atom stereocenters. The van der Waals surface area contributed by atoms with Gasteiger partial charge < -0.3 is 19.9 Å². The number of benzene rings is 2. The van der Waals surface area contributed by atoms with E-state index in [1.165, 1.54) is 5.69 Å². The quantitative estimate of drug-likeness (QED) is 0.869. The van der Waals surface area contributed by atoms with Gasteiger partial charge in [-0.05, 0) is 75.2 Å². The van der Waals surface area contributed by atoms with Crippen LogP contribution in [0.2, 0.25) is 0 Å². The highest BCUT2D eigenvalue weighted by Crippen LogP contribution is 2.22. The molecule has 27 heavy (non-hydrogen) atoms. The second kappa shape index (κ2) is 8.33. The zero-order chi connectivity index (χ0) is 19.4. The van der Waals surface area contributed by atoms with E-state index in [4.69, 9.17) is 4.74 Å². The maximum atomic E-state index is 12.6. The van der Waals surface area contributed by atoms with Gasteiger partial charge in [0, 0.05) is 37.6 Å². The summed E-state index contributed by atoms with van der Waals surface area (Å²) in [6.07, 6.45) is 0.176. The third-order valence-corrected chi connectivity index (χ3v) is 4.61. The van der Waals surface area contributed by atoms with Crippen LogP contribution in [-0.4, -0.2) is 43.2 Å². The smallest absolute Gasteiger partial charge is 0.321 e. The van der Waals surface area contributed by atoms with Gasteiger partial charge in [-0.3, -0.25) is 0 Å². The zero-order valence-electron chi connectivity index (χ0n) is 16.7. The fourth-order valence-electron chi connectivity index (χ4n) is 3.42. The Morgan fingerprint density at radius 3 is 2.11 bits per heavy atom. The minimum atomic E-state index is -0.0275. The lowest BCUT2D eigenvalue weighted by Gasteiger charge is -2.36. The molecule has 1 heterocycles. The van der Waals surface area contributed by atoms with Crippen molar-refractivity contribution in [3.8, 4) is 5.75 Å². The van der Waals surface area contributed by atoms with E-state index in [0.717, 1.165) is 35.7 Å². The third kappa shape index (κ3) is 5.16. The molecule has 144 valence electrons. The highest BCUT2D eigenvalue weighted by Gasteiger charge is 2.21. The number of carbonyl (C=O) groups is 1. The van der Waals surface area contributed by atoms with Crippen LogP contribution in [0, 0.1) is 13.8 Å². The second-order valence-electron chi connectivity index (χ2n) is 7.44. The largest absolute Gasteiger partial charge is 0.491 e. The summed E-state index contributed by atoms with van der Waals surface area (Å²) in [7, 11) is 0. The lowest BCUT2D eigenvalue weighted by atomic mass is 10.1. The highest BCUT2D eigenvalue weighted by atomic mass is 16.5. The number of nitrogens with one attached hydrogen (secondary N) is 1. The van der Waals surface area contributed by atoms with Crippen molar-refractivity contribution in [2.75, 3.05) is 36.4 Å². The van der Waals surface area contributed by atoms with E-state index in [1.807, 2.05) is 56.9 Å². The molecule has 1 N–H and O–H groups in total. The maximum Gasteiger partial charge on any atom is 0.321 e. The first-order valence-electron chi connectivity index (χ1n) is 9.56. The number of aryl methyl sites for hydroxylation is 2. The molecule has 3 rings (SSSR count). The lowest BCUT2D eigenvalue weighted by Crippen LogP contribution is -2.50. The standard InChI is InChI=1S/C22H29N3O2/c1-16(2)27-21-7-5-20(6-8-21)24-9-11-25(12-10-24)22(26)23-19-14-17(3)13-18(4)15-19/h5-8,13-16H,9-12H2,1-4H3,(H,23,26). The molecule has 2 aromatic rings. The van der Waals surface area contributed by atoms with Crippen molar-refractivity contribution >= 4 is 17.4 Å². The van der Waals surface area contributed by atoms with Crippen LogP contribution in [0.1, 0.15) is 25.0 Å². The lowest BCUT2D eigenvalue weighted by molar-refractivity contribution is 0.208. The molecule has 5 heteroatoms. The van der Waals surface area contributed by atoms with E-state index >= 15 is 0 Å². The molecule has 0 unspecified atom stereocenters. The third-order valence-electron chi connectivity index (χ3n) is 4.61. The summed E-state index contributed by atoms with van der Waals surface area (Å²) in [6, 6.07) is 14.3. The van der Waals surface area contributed by atoms with Gasteiger partial charge in [-0.2, -0.15) is 0 Å². The molecule has 0 saturated carbocycles. The Bertz CT molecular complexity index is 758. The van der Waals surface area contributed by atoms with Crippen molar-refractivity contribution in [1.29, 1.82) is 0 Å². The predicted molar refractivity (Wildman–Crippen MR) is 111 cm³/mol. The predicted octanol–water partition coefficient (Wildman–Crippen LogP) is 4.44. The molecule has 0 aromatic heterocycles. The SMILES string of the molecule is Cc1cc(C)cc(NC(=O)N2CCN(c3ccc(OC(C)C)cc3)CC2)c1. The van der Waals surface area contributed by atoms with Gasteiger partial charge in [0.25, 0.3) is 0 Å². The molecular weight excluding hydrogens is 338 g/mol. The fourth-order valence-corrected chi connectivity index (χ4v) is 3.42. The van der Waals surface area contributed by atoms with Gasteiger partial charge in [-0.1, -0.05) is 6.07 Å². The van der Waals surface area contributed by atoms with Gasteiger partial charge in [0.2, 0.25) is 0 Å². The van der Waals surface area contributed by atoms with E-state index < -0.39 is 0 Å². The van der Waals surface area contributed by atoms with Gasteiger partial charge in [0.05, 0.1) is 6.10 Å². The van der Waals surface area contributed by atoms with E-state index in [2.05, 4.69) is 28.4 Å². The van der Waals surface area contributed by atoms with E-state index in [9.17, 15) is 4.79 Å². The molecular formula is C22H29N3O2. The minimum absolute atomic E-state index is 0.0275. The molecule has 0 aliphatic carbocycles. The van der Waals surface area contributed by atoms with Gasteiger partial charge in [-0.15, -0.1) is 0 Å². The maximum absolute atomic E-state index is 12.6. The Balaban J connectivity index is 1.54. The molecule has 2 amide bonds. The van der Waals surface area contributed by atoms with E-state index in [1.54, 1.807) is 0 Å². The van der Waals surface area contributed by atoms with Crippen molar-refractivity contribution in [3.63, 3.8) is 0 Å². The number of piperazine rings is 1. The second-order valence-corrected chi connectivity index (χ2v) is 7.44. The summed E-state index contributed by atoms with van der Waals surface area (Å²) in [5, 5.41) is 3.03. The normalized spacial score (nSPS) is 14.4. The highest BCUT2D eigenvalue weighted by molar-refractivity contribution is 5.89. The molecule has 1 saturated heterocycles. The summed E-state index contributed by atoms with van der Waals surface area (Å²) in [5.74, 6) is 0.889. The first kappa shape index (κ1) is 19.1. The minimum Gasteiger partial charge on any atom is -0.491 e. The van der Waals surface area contributed by atoms with Crippen LogP contribution >= 0.6 is 0 Å². The summed E-state index contributed by atoms with van der Waals surface area (Å²) >= 11 is 0. The van der Waals surface area contributed by atoms with Crippen LogP contribution < -0.4 is 15.0 Å². The molecule has 0 spiro atoms. The zero-order valence-corrected chi connectivity index (χ0v) is 16.7. The van der Waals surface area contributed by atoms with Crippen molar-refractivity contribution in [2.24, 2.45) is 0 Å². The number of carbonyl (C=O) groups excluding carboxylic acids is 1. The fraction of sp³-hybridized carbons (Fsp3) is 0.409. The number of urea groups is 1. The Morgan fingerprint density at radius 1 is 0.963 bits per heavy atom. The van der Waals surface area contributed by atoms with Crippen molar-refractivity contribution < 1.29 is 9.53 Å². The van der Waals surface area contributed by atoms with E-state index in [-0.39, 0.29) is 12.1 Å². The van der Waals surface area contributed by atoms with Gasteiger partial charge in [0.15, 0.2) is 0 Å². The summed E-state index contributed by atoms with van der Waals surface area (Å²) < 4.78 is 5.70. The Morgan fingerprint density at radius 2 is 1.56 bits per heavy atom. The summed E-state index contributed by atoms with van der Waals surface area (Å²) in [6.45, 7) is 11.2. The number of amides is 2. The van der Waals surface area contributed by atoms with Crippen LogP contribution in [-0.2, 0) is 0 Å². The number of anilines is 2. The number of hydrogen-bond acceptors (Lipinski definition) is 3. The first-order chi connectivity index (χ1) is 12.9. The van der Waals surface area contributed by atoms with Gasteiger partial charge in [-0.25, -0.2) is 4.79 Å². The molecule has 2 aromatic carbocycles. The number of rotatable bonds is 4. The molecule has 0 radical (unpaired) electrons. The molecule has 0 bridgehead atoms. The van der Waals surface area contributed by atoms with Gasteiger partial charge in [0.1, 0.15) is 5.75 Å². The molecule has 1 aliphatic rings. The Hall–Kier alpha value is -2.69. The van der Waals surface area contributed by atoms with Crippen LogP contribution in [0.3, 0.4) is 0 Å². The first-order valence-corrected chi connectivity index (χ1v) is 9.56. The van der Waals surface area contributed by atoms with Crippen molar-refractivity contribution in [1.82, 2.24) is 4.90 Å².